The largest absolute Gasteiger partial charge is 0.493 e. The normalized spacial score (nSPS) is 14.1. The van der Waals surface area contributed by atoms with Gasteiger partial charge in [-0.3, -0.25) is 14.9 Å². The van der Waals surface area contributed by atoms with Gasteiger partial charge in [-0.15, -0.1) is 0 Å². The molecule has 4 aromatic rings. The van der Waals surface area contributed by atoms with Crippen molar-refractivity contribution in [2.24, 2.45) is 5.10 Å². The lowest BCUT2D eigenvalue weighted by atomic mass is 9.95. The van der Waals surface area contributed by atoms with E-state index < -0.39 is 28.9 Å². The molecule has 0 radical (unpaired) electrons. The van der Waals surface area contributed by atoms with Crippen LogP contribution in [-0.2, 0) is 14.3 Å². The first-order valence-electron chi connectivity index (χ1n) is 15.8. The van der Waals surface area contributed by atoms with Crippen LogP contribution in [0, 0.1) is 24.0 Å². The van der Waals surface area contributed by atoms with Crippen molar-refractivity contribution >= 4 is 41.6 Å². The minimum absolute atomic E-state index is 0.0520. The van der Waals surface area contributed by atoms with Crippen molar-refractivity contribution in [1.29, 1.82) is 0 Å². The highest BCUT2D eigenvalue weighted by Crippen LogP contribution is 2.35. The van der Waals surface area contributed by atoms with Crippen LogP contribution in [0.25, 0.3) is 5.69 Å². The molecule has 1 aromatic heterocycles. The van der Waals surface area contributed by atoms with Gasteiger partial charge in [0.15, 0.2) is 18.1 Å². The molecule has 51 heavy (non-hydrogen) atoms. The minimum Gasteiger partial charge on any atom is -0.493 e. The van der Waals surface area contributed by atoms with Crippen molar-refractivity contribution < 1.29 is 33.5 Å². The summed E-state index contributed by atoms with van der Waals surface area (Å²) in [5.41, 5.74) is 7.38. The van der Waals surface area contributed by atoms with E-state index >= 15 is 0 Å². The predicted octanol–water partition coefficient (Wildman–Crippen LogP) is 5.88. The van der Waals surface area contributed by atoms with Gasteiger partial charge in [0, 0.05) is 50.3 Å². The smallest absolute Gasteiger partial charge is 0.338 e. The summed E-state index contributed by atoms with van der Waals surface area (Å²) in [4.78, 5) is 49.9. The van der Waals surface area contributed by atoms with Crippen LogP contribution in [0.1, 0.15) is 42.4 Å². The summed E-state index contributed by atoms with van der Waals surface area (Å²) in [6, 6.07) is 20.0. The van der Waals surface area contributed by atoms with Gasteiger partial charge >= 0.3 is 12.0 Å². The van der Waals surface area contributed by atoms with Gasteiger partial charge in [0.2, 0.25) is 0 Å². The molecule has 0 bridgehead atoms. The number of hydrazone groups is 1. The van der Waals surface area contributed by atoms with Crippen LogP contribution >= 0.6 is 11.8 Å². The molecule has 0 spiro atoms. The molecule has 15 heteroatoms. The Kier molecular flexibility index (Phi) is 11.4. The molecular weight excluding hydrogens is 676 g/mol. The number of hydrogen-bond donors (Lipinski definition) is 3. The van der Waals surface area contributed by atoms with E-state index in [0.717, 1.165) is 32.4 Å². The Balaban J connectivity index is 1.19. The zero-order valence-electron chi connectivity index (χ0n) is 28.5. The maximum atomic E-state index is 12.7. The molecule has 0 saturated carbocycles. The summed E-state index contributed by atoms with van der Waals surface area (Å²) in [7, 11) is 1.44. The first-order valence-corrected chi connectivity index (χ1v) is 16.6. The number of allylic oxidation sites excluding steroid dienone is 1. The number of carbonyl (C=O) groups is 3. The number of nitrogens with zero attached hydrogens (tertiary/aromatic N) is 3. The number of urea groups is 1. The molecule has 0 unspecified atom stereocenters. The van der Waals surface area contributed by atoms with Crippen molar-refractivity contribution in [3.05, 3.63) is 117 Å². The fourth-order valence-electron chi connectivity index (χ4n) is 5.51. The summed E-state index contributed by atoms with van der Waals surface area (Å²) in [6.07, 6.45) is 1.56. The predicted molar refractivity (Wildman–Crippen MR) is 190 cm³/mol. The molecule has 0 saturated heterocycles. The van der Waals surface area contributed by atoms with E-state index in [0.29, 0.717) is 17.0 Å². The van der Waals surface area contributed by atoms with Crippen molar-refractivity contribution in [2.45, 2.75) is 43.5 Å². The Hall–Kier alpha value is -6.09. The average molecular weight is 713 g/mol. The Labute approximate surface area is 298 Å². The first kappa shape index (κ1) is 36.2. The Morgan fingerprint density at radius 1 is 1.02 bits per heavy atom. The molecule has 264 valence electrons. The van der Waals surface area contributed by atoms with Crippen LogP contribution in [0.3, 0.4) is 0 Å². The standard InChI is InChI=1S/C36H36N6O8S/c1-6-49-35(44)33-22(3)38-36(45)39-34(33)24-7-16-30(31(18-24)48-5)50-20-32(43)40-37-19-25-17-21(2)41(23(25)4)26-8-12-28(13-9-26)51-29-14-10-27(11-15-29)42(46)47/h7-19,34H,6,20H2,1-5H3,(H,40,43)(H2,38,39,45)/b37-19-/t34-/m1/s1. The van der Waals surface area contributed by atoms with Crippen molar-refractivity contribution in [3.8, 4) is 17.2 Å². The lowest BCUT2D eigenvalue weighted by Crippen LogP contribution is -2.45. The first-order chi connectivity index (χ1) is 24.5. The van der Waals surface area contributed by atoms with Crippen LogP contribution in [0.4, 0.5) is 10.5 Å². The van der Waals surface area contributed by atoms with Crippen molar-refractivity contribution in [3.63, 3.8) is 0 Å². The van der Waals surface area contributed by atoms with Crippen molar-refractivity contribution in [1.82, 2.24) is 20.6 Å². The highest BCUT2D eigenvalue weighted by Gasteiger charge is 2.32. The Morgan fingerprint density at radius 2 is 1.71 bits per heavy atom. The summed E-state index contributed by atoms with van der Waals surface area (Å²) >= 11 is 1.51. The fraction of sp³-hybridized carbons (Fsp3) is 0.222. The third-order valence-corrected chi connectivity index (χ3v) is 8.90. The van der Waals surface area contributed by atoms with E-state index in [1.54, 1.807) is 50.4 Å². The molecular formula is C36H36N6O8S. The number of carbonyl (C=O) groups excluding carboxylic acids is 3. The second-order valence-electron chi connectivity index (χ2n) is 11.3. The number of aryl methyl sites for hydroxylation is 1. The highest BCUT2D eigenvalue weighted by molar-refractivity contribution is 7.99. The van der Waals surface area contributed by atoms with E-state index in [-0.39, 0.29) is 30.2 Å². The molecule has 5 rings (SSSR count). The average Bonchev–Trinajstić information content (AvgIpc) is 3.39. The number of ether oxygens (including phenoxy) is 3. The second-order valence-corrected chi connectivity index (χ2v) is 12.4. The van der Waals surface area contributed by atoms with Gasteiger partial charge in [0.05, 0.1) is 36.5 Å². The van der Waals surface area contributed by atoms with E-state index in [4.69, 9.17) is 14.2 Å². The summed E-state index contributed by atoms with van der Waals surface area (Å²) in [6.45, 7) is 7.07. The molecule has 14 nitrogen and oxygen atoms in total. The van der Waals surface area contributed by atoms with Gasteiger partial charge in [-0.05, 0) is 87.9 Å². The topological polar surface area (TPSA) is 175 Å². The number of benzene rings is 3. The number of hydrogen-bond acceptors (Lipinski definition) is 10. The number of rotatable bonds is 13. The summed E-state index contributed by atoms with van der Waals surface area (Å²) in [5.74, 6) is -0.485. The number of aromatic nitrogens is 1. The molecule has 3 amide bonds. The van der Waals surface area contributed by atoms with Crippen LogP contribution in [0.5, 0.6) is 11.5 Å². The van der Waals surface area contributed by atoms with Crippen LogP contribution < -0.4 is 25.5 Å². The van der Waals surface area contributed by atoms with Crippen LogP contribution in [0.2, 0.25) is 0 Å². The number of non-ortho nitro benzene ring substituents is 1. The van der Waals surface area contributed by atoms with Gasteiger partial charge in [-0.1, -0.05) is 17.8 Å². The zero-order valence-corrected chi connectivity index (χ0v) is 29.3. The third kappa shape index (κ3) is 8.56. The highest BCUT2D eigenvalue weighted by atomic mass is 32.2. The molecule has 3 aromatic carbocycles. The summed E-state index contributed by atoms with van der Waals surface area (Å²) < 4.78 is 18.5. The number of amides is 3. The van der Waals surface area contributed by atoms with Crippen LogP contribution in [0.15, 0.2) is 99.0 Å². The monoisotopic (exact) mass is 712 g/mol. The van der Waals surface area contributed by atoms with E-state index in [1.165, 1.54) is 31.0 Å². The van der Waals surface area contributed by atoms with E-state index in [2.05, 4.69) is 25.7 Å². The molecule has 0 aliphatic carbocycles. The molecule has 0 fully saturated rings. The summed E-state index contributed by atoms with van der Waals surface area (Å²) in [5, 5.41) is 20.4. The Bertz CT molecular complexity index is 2020. The van der Waals surface area contributed by atoms with Gasteiger partial charge in [-0.25, -0.2) is 15.0 Å². The van der Waals surface area contributed by atoms with E-state index in [1.807, 2.05) is 44.2 Å². The lowest BCUT2D eigenvalue weighted by molar-refractivity contribution is -0.384. The van der Waals surface area contributed by atoms with Gasteiger partial charge in [0.1, 0.15) is 0 Å². The SMILES string of the molecule is CCOC(=O)C1=C(C)NC(=O)N[C@@H]1c1ccc(OCC(=O)N/N=C\c2cc(C)n(-c3ccc(Sc4ccc([N+](=O)[O-])cc4)cc3)c2C)c(OC)c1. The van der Waals surface area contributed by atoms with Gasteiger partial charge in [0.25, 0.3) is 11.6 Å². The molecule has 3 N–H and O–H groups in total. The van der Waals surface area contributed by atoms with Gasteiger partial charge < -0.3 is 29.4 Å². The van der Waals surface area contributed by atoms with Gasteiger partial charge in [-0.2, -0.15) is 5.10 Å². The number of methoxy groups -OCH3 is 1. The molecule has 1 atom stereocenters. The lowest BCUT2D eigenvalue weighted by Gasteiger charge is -2.28. The number of esters is 1. The quantitative estimate of drug-likeness (QED) is 0.0661. The maximum absolute atomic E-state index is 12.7. The number of nitro groups is 1. The van der Waals surface area contributed by atoms with Crippen LogP contribution in [-0.4, -0.2) is 53.9 Å². The van der Waals surface area contributed by atoms with Crippen molar-refractivity contribution in [2.75, 3.05) is 20.3 Å². The maximum Gasteiger partial charge on any atom is 0.338 e. The zero-order chi connectivity index (χ0) is 36.7. The minimum atomic E-state index is -0.784. The number of nitrogens with one attached hydrogen (secondary N) is 3. The fourth-order valence-corrected chi connectivity index (χ4v) is 6.32. The Morgan fingerprint density at radius 3 is 2.35 bits per heavy atom. The second kappa shape index (κ2) is 16.1. The number of nitro benzene ring substituents is 1. The molecule has 1 aliphatic heterocycles. The third-order valence-electron chi connectivity index (χ3n) is 7.89. The van der Waals surface area contributed by atoms with E-state index in [9.17, 15) is 24.5 Å². The molecule has 1 aliphatic rings. The molecule has 2 heterocycles.